The van der Waals surface area contributed by atoms with E-state index in [1.54, 1.807) is 48.5 Å². The smallest absolute Gasteiger partial charge is 0.119 e. The van der Waals surface area contributed by atoms with Crippen LogP contribution in [0.5, 0.6) is 23.0 Å². The molecular formula is C41H40O4. The van der Waals surface area contributed by atoms with Gasteiger partial charge in [0, 0.05) is 12.8 Å². The van der Waals surface area contributed by atoms with E-state index < -0.39 is 0 Å². The van der Waals surface area contributed by atoms with Gasteiger partial charge < -0.3 is 20.4 Å². The van der Waals surface area contributed by atoms with Crippen LogP contribution in [0, 0.1) is 13.8 Å². The number of phenols is 4. The number of phenolic OH excluding ortho intramolecular Hbond substituents is 4. The summed E-state index contributed by atoms with van der Waals surface area (Å²) in [4.78, 5) is 0. The van der Waals surface area contributed by atoms with Gasteiger partial charge >= 0.3 is 0 Å². The molecule has 0 aliphatic rings. The van der Waals surface area contributed by atoms with Gasteiger partial charge in [0.1, 0.15) is 23.0 Å². The van der Waals surface area contributed by atoms with E-state index in [1.807, 2.05) is 48.5 Å². The van der Waals surface area contributed by atoms with Gasteiger partial charge in [0.2, 0.25) is 0 Å². The third kappa shape index (κ3) is 10.6. The summed E-state index contributed by atoms with van der Waals surface area (Å²) in [6, 6.07) is 46.1. The largest absolute Gasteiger partial charge is 0.508 e. The van der Waals surface area contributed by atoms with Crippen LogP contribution in [0.2, 0.25) is 0 Å². The monoisotopic (exact) mass is 596 g/mol. The lowest BCUT2D eigenvalue weighted by Gasteiger charge is -2.05. The molecule has 0 aliphatic carbocycles. The van der Waals surface area contributed by atoms with Gasteiger partial charge in [0.15, 0.2) is 0 Å². The van der Waals surface area contributed by atoms with E-state index in [0.29, 0.717) is 18.6 Å². The maximum absolute atomic E-state index is 9.58. The lowest BCUT2D eigenvalue weighted by atomic mass is 10.0. The molecule has 0 fully saturated rings. The van der Waals surface area contributed by atoms with Crippen molar-refractivity contribution >= 4 is 0 Å². The summed E-state index contributed by atoms with van der Waals surface area (Å²) in [7, 11) is 0. The molecule has 0 bridgehead atoms. The summed E-state index contributed by atoms with van der Waals surface area (Å²) >= 11 is 0. The average Bonchev–Trinajstić information content (AvgIpc) is 3.04. The molecule has 0 amide bonds. The second kappa shape index (κ2) is 16.4. The third-order valence-corrected chi connectivity index (χ3v) is 7.34. The maximum Gasteiger partial charge on any atom is 0.119 e. The SMILES string of the molecule is Cc1ccc(Cc2ccc(C)cc2)cc1.Oc1ccc(Cc2ccccc2O)cc1.Oc1ccccc1Cc1ccccc1O. The van der Waals surface area contributed by atoms with Crippen LogP contribution in [0.25, 0.3) is 0 Å². The minimum Gasteiger partial charge on any atom is -0.508 e. The molecule has 6 aromatic carbocycles. The van der Waals surface area contributed by atoms with Crippen LogP contribution in [0.1, 0.15) is 44.5 Å². The Morgan fingerprint density at radius 2 is 0.644 bits per heavy atom. The van der Waals surface area contributed by atoms with Crippen LogP contribution < -0.4 is 0 Å². The summed E-state index contributed by atoms with van der Waals surface area (Å²) in [5.41, 5.74) is 9.00. The molecule has 4 nitrogen and oxygen atoms in total. The number of benzene rings is 6. The molecule has 6 rings (SSSR count). The average molecular weight is 597 g/mol. The minimum atomic E-state index is 0.260. The van der Waals surface area contributed by atoms with E-state index in [4.69, 9.17) is 5.11 Å². The minimum absolute atomic E-state index is 0.260. The zero-order valence-electron chi connectivity index (χ0n) is 25.8. The van der Waals surface area contributed by atoms with Crippen molar-refractivity contribution in [1.29, 1.82) is 0 Å². The lowest BCUT2D eigenvalue weighted by Crippen LogP contribution is -1.88. The second-order valence-electron chi connectivity index (χ2n) is 11.1. The zero-order chi connectivity index (χ0) is 32.0. The van der Waals surface area contributed by atoms with E-state index in [0.717, 1.165) is 28.7 Å². The Balaban J connectivity index is 0.000000154. The summed E-state index contributed by atoms with van der Waals surface area (Å²) in [5, 5.41) is 37.9. The summed E-state index contributed by atoms with van der Waals surface area (Å²) < 4.78 is 0. The van der Waals surface area contributed by atoms with Crippen molar-refractivity contribution in [2.24, 2.45) is 0 Å². The highest BCUT2D eigenvalue weighted by Gasteiger charge is 2.04. The molecule has 0 saturated heterocycles. The van der Waals surface area contributed by atoms with Gasteiger partial charge in [-0.2, -0.15) is 0 Å². The Kier molecular flexibility index (Phi) is 11.8. The summed E-state index contributed by atoms with van der Waals surface area (Å²) in [6.07, 6.45) is 2.24. The second-order valence-corrected chi connectivity index (χ2v) is 11.1. The number of aromatic hydroxyl groups is 4. The molecule has 0 saturated carbocycles. The fourth-order valence-corrected chi connectivity index (χ4v) is 4.67. The van der Waals surface area contributed by atoms with Crippen LogP contribution in [-0.2, 0) is 19.3 Å². The van der Waals surface area contributed by atoms with Crippen molar-refractivity contribution in [1.82, 2.24) is 0 Å². The molecule has 0 aliphatic heterocycles. The molecule has 0 radical (unpaired) electrons. The molecule has 4 N–H and O–H groups in total. The van der Waals surface area contributed by atoms with Crippen LogP contribution >= 0.6 is 0 Å². The zero-order valence-corrected chi connectivity index (χ0v) is 25.8. The first kappa shape index (κ1) is 32.4. The van der Waals surface area contributed by atoms with Crippen molar-refractivity contribution in [2.45, 2.75) is 33.1 Å². The Bertz CT molecular complexity index is 1670. The number of hydrogen-bond donors (Lipinski definition) is 4. The molecule has 6 aromatic rings. The van der Waals surface area contributed by atoms with Gasteiger partial charge in [-0.25, -0.2) is 0 Å². The molecule has 45 heavy (non-hydrogen) atoms. The topological polar surface area (TPSA) is 80.9 Å². The van der Waals surface area contributed by atoms with Crippen molar-refractivity contribution in [3.63, 3.8) is 0 Å². The fourth-order valence-electron chi connectivity index (χ4n) is 4.67. The van der Waals surface area contributed by atoms with Crippen molar-refractivity contribution in [3.8, 4) is 23.0 Å². The molecule has 0 atom stereocenters. The normalized spacial score (nSPS) is 10.2. The summed E-state index contributed by atoms with van der Waals surface area (Å²) in [5.74, 6) is 1.10. The highest BCUT2D eigenvalue weighted by atomic mass is 16.3. The molecule has 4 heteroatoms. The predicted molar refractivity (Wildman–Crippen MR) is 183 cm³/mol. The number of para-hydroxylation sites is 3. The molecule has 0 unspecified atom stereocenters. The lowest BCUT2D eigenvalue weighted by molar-refractivity contribution is 0.463. The van der Waals surface area contributed by atoms with Crippen molar-refractivity contribution < 1.29 is 20.4 Å². The van der Waals surface area contributed by atoms with Gasteiger partial charge in [-0.1, -0.05) is 126 Å². The van der Waals surface area contributed by atoms with Crippen molar-refractivity contribution in [3.05, 3.63) is 190 Å². The van der Waals surface area contributed by atoms with E-state index in [9.17, 15) is 15.3 Å². The van der Waals surface area contributed by atoms with E-state index in [1.165, 1.54) is 22.3 Å². The van der Waals surface area contributed by atoms with Crippen LogP contribution in [0.4, 0.5) is 0 Å². The highest BCUT2D eigenvalue weighted by Crippen LogP contribution is 2.24. The third-order valence-electron chi connectivity index (χ3n) is 7.34. The Morgan fingerprint density at radius 3 is 1.02 bits per heavy atom. The molecule has 0 spiro atoms. The van der Waals surface area contributed by atoms with E-state index >= 15 is 0 Å². The molecular weight excluding hydrogens is 556 g/mol. The summed E-state index contributed by atoms with van der Waals surface area (Å²) in [6.45, 7) is 4.24. The number of aryl methyl sites for hydroxylation is 2. The van der Waals surface area contributed by atoms with Gasteiger partial charge in [0.25, 0.3) is 0 Å². The van der Waals surface area contributed by atoms with Crippen LogP contribution in [0.15, 0.2) is 146 Å². The molecule has 0 aromatic heterocycles. The maximum atomic E-state index is 9.58. The quantitative estimate of drug-likeness (QED) is 0.154. The Hall–Kier alpha value is -5.48. The van der Waals surface area contributed by atoms with Crippen LogP contribution in [-0.4, -0.2) is 20.4 Å². The molecule has 228 valence electrons. The first-order chi connectivity index (χ1) is 21.8. The number of hydrogen-bond acceptors (Lipinski definition) is 4. The van der Waals surface area contributed by atoms with Crippen LogP contribution in [0.3, 0.4) is 0 Å². The molecule has 0 heterocycles. The Labute approximate surface area is 266 Å². The number of rotatable bonds is 6. The highest BCUT2D eigenvalue weighted by molar-refractivity contribution is 5.41. The first-order valence-electron chi connectivity index (χ1n) is 15.0. The Morgan fingerprint density at radius 1 is 0.333 bits per heavy atom. The standard InChI is InChI=1S/C15H16.2C13H12O2/c1-12-3-7-14(8-4-12)11-15-9-5-13(2)6-10-15;14-12-7-3-1-5-10(12)9-11-6-2-4-8-13(11)15;14-12-7-5-10(6-8-12)9-11-3-1-2-4-13(11)15/h3-10H,11H2,1-2H3;2*1-8,14-15H,9H2. The van der Waals surface area contributed by atoms with Gasteiger partial charge in [-0.15, -0.1) is 0 Å². The van der Waals surface area contributed by atoms with Gasteiger partial charge in [0.05, 0.1) is 0 Å². The van der Waals surface area contributed by atoms with Gasteiger partial charge in [-0.05, 0) is 84.0 Å². The van der Waals surface area contributed by atoms with Gasteiger partial charge in [-0.3, -0.25) is 0 Å². The fraction of sp³-hybridized carbons (Fsp3) is 0.122. The van der Waals surface area contributed by atoms with Crippen molar-refractivity contribution in [2.75, 3.05) is 0 Å². The predicted octanol–water partition coefficient (Wildman–Crippen LogP) is 9.27. The van der Waals surface area contributed by atoms with E-state index in [2.05, 4.69) is 62.4 Å². The first-order valence-corrected chi connectivity index (χ1v) is 15.0. The van der Waals surface area contributed by atoms with E-state index in [-0.39, 0.29) is 17.2 Å².